The molecule has 0 aliphatic heterocycles. The zero-order valence-corrected chi connectivity index (χ0v) is 16.1. The third-order valence-electron chi connectivity index (χ3n) is 4.65. The maximum Gasteiger partial charge on any atom is 0.165 e. The first-order chi connectivity index (χ1) is 14.2. The van der Waals surface area contributed by atoms with Crippen LogP contribution in [0.5, 0.6) is 5.75 Å². The van der Waals surface area contributed by atoms with Gasteiger partial charge >= 0.3 is 0 Å². The molecule has 0 fully saturated rings. The summed E-state index contributed by atoms with van der Waals surface area (Å²) in [6.07, 6.45) is 4.18. The number of aldehydes is 1. The highest BCUT2D eigenvalue weighted by Crippen LogP contribution is 2.21. The van der Waals surface area contributed by atoms with Crippen molar-refractivity contribution in [3.63, 3.8) is 0 Å². The van der Waals surface area contributed by atoms with E-state index in [0.717, 1.165) is 29.0 Å². The van der Waals surface area contributed by atoms with Gasteiger partial charge in [-0.05, 0) is 29.8 Å². The number of likely N-dealkylation sites (N-methyl/N-ethyl adjacent to an activating group) is 1. The molecule has 2 heterocycles. The summed E-state index contributed by atoms with van der Waals surface area (Å²) >= 11 is 0. The molecule has 0 radical (unpaired) electrons. The maximum absolute atomic E-state index is 10.7. The molecule has 29 heavy (non-hydrogen) atoms. The van der Waals surface area contributed by atoms with Gasteiger partial charge < -0.3 is 14.2 Å². The van der Waals surface area contributed by atoms with Gasteiger partial charge in [-0.25, -0.2) is 15.0 Å². The van der Waals surface area contributed by atoms with Gasteiger partial charge in [0, 0.05) is 12.6 Å². The van der Waals surface area contributed by atoms with Gasteiger partial charge in [0.2, 0.25) is 0 Å². The number of fused-ring (bicyclic) bond motifs is 1. The smallest absolute Gasteiger partial charge is 0.165 e. The second-order valence-corrected chi connectivity index (χ2v) is 6.68. The molecule has 7 nitrogen and oxygen atoms in total. The van der Waals surface area contributed by atoms with Crippen LogP contribution < -0.4 is 9.64 Å². The highest BCUT2D eigenvalue weighted by Gasteiger charge is 2.14. The van der Waals surface area contributed by atoms with Crippen molar-refractivity contribution >= 4 is 23.3 Å². The van der Waals surface area contributed by atoms with E-state index in [1.807, 2.05) is 34.7 Å². The number of hydrogen-bond acceptors (Lipinski definition) is 6. The van der Waals surface area contributed by atoms with Crippen LogP contribution in [-0.4, -0.2) is 46.0 Å². The van der Waals surface area contributed by atoms with Gasteiger partial charge in [0.15, 0.2) is 17.0 Å². The summed E-state index contributed by atoms with van der Waals surface area (Å²) < 4.78 is 7.79. The number of aromatic nitrogens is 4. The minimum atomic E-state index is 0.479. The Balaban J connectivity index is 1.44. The van der Waals surface area contributed by atoms with Crippen LogP contribution in [0.2, 0.25) is 0 Å². The highest BCUT2D eigenvalue weighted by molar-refractivity contribution is 5.83. The van der Waals surface area contributed by atoms with E-state index >= 15 is 0 Å². The molecular formula is C22H21N5O2. The van der Waals surface area contributed by atoms with Crippen LogP contribution in [-0.2, 0) is 6.54 Å². The normalized spacial score (nSPS) is 10.8. The Morgan fingerprint density at radius 2 is 1.83 bits per heavy atom. The second-order valence-electron chi connectivity index (χ2n) is 6.68. The predicted molar refractivity (Wildman–Crippen MR) is 111 cm³/mol. The number of nitrogens with zero attached hydrogens (tertiary/aromatic N) is 5. The largest absolute Gasteiger partial charge is 0.492 e. The van der Waals surface area contributed by atoms with Crippen molar-refractivity contribution in [3.8, 4) is 5.75 Å². The van der Waals surface area contributed by atoms with E-state index in [4.69, 9.17) is 4.74 Å². The zero-order chi connectivity index (χ0) is 20.1. The number of ether oxygens (including phenoxy) is 1. The average Bonchev–Trinajstić information content (AvgIpc) is 3.18. The van der Waals surface area contributed by atoms with Gasteiger partial charge in [-0.15, -0.1) is 0 Å². The molecule has 0 amide bonds. The first-order valence-electron chi connectivity index (χ1n) is 9.33. The molecule has 0 saturated carbocycles. The lowest BCUT2D eigenvalue weighted by atomic mass is 10.2. The fourth-order valence-corrected chi connectivity index (χ4v) is 3.09. The average molecular weight is 387 g/mol. The van der Waals surface area contributed by atoms with Crippen molar-refractivity contribution in [1.29, 1.82) is 0 Å². The van der Waals surface area contributed by atoms with Crippen LogP contribution in [0.1, 0.15) is 15.9 Å². The Morgan fingerprint density at radius 1 is 1.03 bits per heavy atom. The first kappa shape index (κ1) is 18.6. The molecule has 0 saturated heterocycles. The molecule has 0 atom stereocenters. The number of hydrogen-bond donors (Lipinski definition) is 0. The van der Waals surface area contributed by atoms with Gasteiger partial charge in [-0.2, -0.15) is 0 Å². The number of carbonyl (C=O) groups excluding carboxylic acids is 1. The van der Waals surface area contributed by atoms with Crippen molar-refractivity contribution in [2.24, 2.45) is 0 Å². The van der Waals surface area contributed by atoms with Crippen LogP contribution in [0.4, 0.5) is 5.82 Å². The molecule has 4 rings (SSSR count). The van der Waals surface area contributed by atoms with Gasteiger partial charge in [0.25, 0.3) is 0 Å². The lowest BCUT2D eigenvalue weighted by Gasteiger charge is -2.18. The molecule has 4 aromatic rings. The van der Waals surface area contributed by atoms with Gasteiger partial charge in [-0.1, -0.05) is 30.3 Å². The van der Waals surface area contributed by atoms with E-state index in [1.165, 1.54) is 5.56 Å². The Hall–Kier alpha value is -3.74. The van der Waals surface area contributed by atoms with Gasteiger partial charge in [-0.3, -0.25) is 4.79 Å². The number of rotatable bonds is 8. The molecule has 7 heteroatoms. The van der Waals surface area contributed by atoms with Gasteiger partial charge in [0.05, 0.1) is 19.4 Å². The lowest BCUT2D eigenvalue weighted by molar-refractivity contribution is 0.112. The fraction of sp³-hybridized carbons (Fsp3) is 0.182. The molecule has 0 unspecified atom stereocenters. The van der Waals surface area contributed by atoms with Gasteiger partial charge in [0.1, 0.15) is 25.0 Å². The van der Waals surface area contributed by atoms with Crippen molar-refractivity contribution in [1.82, 2.24) is 19.5 Å². The molecule has 2 aromatic carbocycles. The number of benzene rings is 2. The monoisotopic (exact) mass is 387 g/mol. The summed E-state index contributed by atoms with van der Waals surface area (Å²) in [6.45, 7) is 1.82. The summed E-state index contributed by atoms with van der Waals surface area (Å²) in [7, 11) is 1.96. The molecule has 0 aliphatic carbocycles. The molecule has 0 aliphatic rings. The van der Waals surface area contributed by atoms with E-state index in [9.17, 15) is 4.79 Å². The lowest BCUT2D eigenvalue weighted by Crippen LogP contribution is -2.25. The minimum absolute atomic E-state index is 0.479. The zero-order valence-electron chi connectivity index (χ0n) is 16.1. The molecule has 0 spiro atoms. The van der Waals surface area contributed by atoms with Crippen LogP contribution in [0.25, 0.3) is 11.2 Å². The van der Waals surface area contributed by atoms with Crippen LogP contribution in [0.3, 0.4) is 0 Å². The maximum atomic E-state index is 10.7. The van der Waals surface area contributed by atoms with Crippen LogP contribution >= 0.6 is 0 Å². The van der Waals surface area contributed by atoms with Crippen molar-refractivity contribution in [2.75, 3.05) is 25.1 Å². The van der Waals surface area contributed by atoms with E-state index < -0.39 is 0 Å². The molecule has 2 aromatic heterocycles. The fourth-order valence-electron chi connectivity index (χ4n) is 3.09. The Morgan fingerprint density at radius 3 is 2.59 bits per heavy atom. The third kappa shape index (κ3) is 4.24. The third-order valence-corrected chi connectivity index (χ3v) is 4.65. The standard InChI is InChI=1S/C22H21N5O2/c1-26(11-12-29-19-9-7-18(14-28)8-10-19)21-20-22(24-15-23-21)27(16-25-20)13-17-5-3-2-4-6-17/h2-10,14-16H,11-13H2,1H3. The molecular weight excluding hydrogens is 366 g/mol. The summed E-state index contributed by atoms with van der Waals surface area (Å²) in [5.41, 5.74) is 3.38. The SMILES string of the molecule is CN(CCOc1ccc(C=O)cc1)c1ncnc2c1ncn2Cc1ccccc1. The molecule has 146 valence electrons. The van der Waals surface area contributed by atoms with Crippen molar-refractivity contribution in [3.05, 3.63) is 78.4 Å². The Bertz CT molecular complexity index is 1090. The second kappa shape index (κ2) is 8.52. The topological polar surface area (TPSA) is 73.1 Å². The van der Waals surface area contributed by atoms with E-state index in [1.54, 1.807) is 36.9 Å². The number of carbonyl (C=O) groups is 1. The van der Waals surface area contributed by atoms with Crippen LogP contribution in [0, 0.1) is 0 Å². The van der Waals surface area contributed by atoms with Crippen molar-refractivity contribution in [2.45, 2.75) is 6.54 Å². The summed E-state index contributed by atoms with van der Waals surface area (Å²) in [5.74, 6) is 1.49. The first-order valence-corrected chi connectivity index (χ1v) is 9.33. The number of anilines is 1. The van der Waals surface area contributed by atoms with Crippen LogP contribution in [0.15, 0.2) is 67.3 Å². The predicted octanol–water partition coefficient (Wildman–Crippen LogP) is 3.20. The van der Waals surface area contributed by atoms with E-state index in [0.29, 0.717) is 25.3 Å². The summed E-state index contributed by atoms with van der Waals surface area (Å²) in [4.78, 5) is 26.1. The van der Waals surface area contributed by atoms with E-state index in [2.05, 4.69) is 27.1 Å². The Labute approximate surface area is 168 Å². The summed E-state index contributed by atoms with van der Waals surface area (Å²) in [5, 5.41) is 0. The highest BCUT2D eigenvalue weighted by atomic mass is 16.5. The minimum Gasteiger partial charge on any atom is -0.492 e. The molecule has 0 N–H and O–H groups in total. The quantitative estimate of drug-likeness (QED) is 0.432. The molecule has 0 bridgehead atoms. The summed E-state index contributed by atoms with van der Waals surface area (Å²) in [6, 6.07) is 17.3. The van der Waals surface area contributed by atoms with E-state index in [-0.39, 0.29) is 0 Å². The number of imidazole rings is 1. The van der Waals surface area contributed by atoms with Crippen molar-refractivity contribution < 1.29 is 9.53 Å². The Kier molecular flexibility index (Phi) is 5.47.